The van der Waals surface area contributed by atoms with Gasteiger partial charge in [-0.05, 0) is 33.6 Å². The molecule has 0 saturated carbocycles. The van der Waals surface area contributed by atoms with E-state index in [-0.39, 0.29) is 17.8 Å². The third-order valence-electron chi connectivity index (χ3n) is 4.15. The third kappa shape index (κ3) is 4.10. The molecular formula is C18H24N4O3. The maximum absolute atomic E-state index is 12.3. The molecule has 1 fully saturated rings. The first-order valence-corrected chi connectivity index (χ1v) is 8.56. The van der Waals surface area contributed by atoms with Crippen molar-refractivity contribution >= 4 is 6.09 Å². The van der Waals surface area contributed by atoms with Gasteiger partial charge in [-0.3, -0.25) is 4.98 Å². The van der Waals surface area contributed by atoms with Crippen LogP contribution >= 0.6 is 0 Å². The van der Waals surface area contributed by atoms with Crippen LogP contribution in [-0.4, -0.2) is 44.4 Å². The highest BCUT2D eigenvalue weighted by molar-refractivity contribution is 5.68. The number of aromatic amines is 1. The van der Waals surface area contributed by atoms with Gasteiger partial charge in [-0.1, -0.05) is 30.3 Å². The summed E-state index contributed by atoms with van der Waals surface area (Å²) < 4.78 is 6.91. The number of aromatic nitrogens is 3. The molecule has 0 spiro atoms. The molecule has 1 aromatic carbocycles. The first-order valence-electron chi connectivity index (χ1n) is 8.56. The van der Waals surface area contributed by atoms with Crippen molar-refractivity contribution in [3.8, 4) is 11.4 Å². The zero-order valence-electron chi connectivity index (χ0n) is 14.9. The molecule has 1 amide bonds. The highest BCUT2D eigenvalue weighted by atomic mass is 16.6. The lowest BCUT2D eigenvalue weighted by atomic mass is 10.1. The third-order valence-corrected chi connectivity index (χ3v) is 4.15. The van der Waals surface area contributed by atoms with Crippen LogP contribution in [0.1, 0.15) is 39.7 Å². The highest BCUT2D eigenvalue weighted by Crippen LogP contribution is 2.23. The van der Waals surface area contributed by atoms with Gasteiger partial charge < -0.3 is 9.64 Å². The molecular weight excluding hydrogens is 320 g/mol. The summed E-state index contributed by atoms with van der Waals surface area (Å²) >= 11 is 0. The molecule has 1 aliphatic heterocycles. The summed E-state index contributed by atoms with van der Waals surface area (Å²) in [6.45, 7) is 6.67. The average molecular weight is 344 g/mol. The van der Waals surface area contributed by atoms with Crippen LogP contribution in [0.3, 0.4) is 0 Å². The van der Waals surface area contributed by atoms with Crippen molar-refractivity contribution in [2.24, 2.45) is 0 Å². The van der Waals surface area contributed by atoms with Gasteiger partial charge in [-0.15, -0.1) is 5.10 Å². The van der Waals surface area contributed by atoms with Crippen molar-refractivity contribution in [3.05, 3.63) is 40.8 Å². The molecule has 134 valence electrons. The molecule has 2 aromatic rings. The largest absolute Gasteiger partial charge is 0.444 e. The molecule has 7 nitrogen and oxygen atoms in total. The molecule has 1 saturated heterocycles. The van der Waals surface area contributed by atoms with E-state index in [9.17, 15) is 9.59 Å². The smallest absolute Gasteiger partial charge is 0.410 e. The number of hydrogen-bond acceptors (Lipinski definition) is 4. The molecule has 1 aliphatic rings. The second-order valence-corrected chi connectivity index (χ2v) is 7.29. The van der Waals surface area contributed by atoms with Crippen molar-refractivity contribution in [2.75, 3.05) is 13.1 Å². The van der Waals surface area contributed by atoms with E-state index in [1.54, 1.807) is 4.90 Å². The van der Waals surface area contributed by atoms with Gasteiger partial charge in [-0.25, -0.2) is 14.3 Å². The van der Waals surface area contributed by atoms with Crippen LogP contribution in [0.25, 0.3) is 11.4 Å². The van der Waals surface area contributed by atoms with Crippen LogP contribution in [0, 0.1) is 0 Å². The van der Waals surface area contributed by atoms with E-state index in [0.29, 0.717) is 31.8 Å². The van der Waals surface area contributed by atoms with Crippen LogP contribution in [0.4, 0.5) is 4.79 Å². The highest BCUT2D eigenvalue weighted by Gasteiger charge is 2.28. The Balaban J connectivity index is 1.67. The first kappa shape index (κ1) is 17.3. The normalized spacial score (nSPS) is 16.0. The summed E-state index contributed by atoms with van der Waals surface area (Å²) in [6.07, 6.45) is 1.06. The standard InChI is InChI=1S/C18H24N4O3/c1-18(2,3)25-17(24)21-11-9-14(10-12-21)22-16(23)19-15(20-22)13-7-5-4-6-8-13/h4-8,14H,9-12H2,1-3H3,(H,19,20,23). The molecule has 1 N–H and O–H groups in total. The number of amides is 1. The van der Waals surface area contributed by atoms with Crippen molar-refractivity contribution in [3.63, 3.8) is 0 Å². The Morgan fingerprint density at radius 2 is 1.84 bits per heavy atom. The minimum absolute atomic E-state index is 0.0140. The number of likely N-dealkylation sites (tertiary alicyclic amines) is 1. The number of rotatable bonds is 2. The Hall–Kier alpha value is -2.57. The SMILES string of the molecule is CC(C)(C)OC(=O)N1CCC(n2nc(-c3ccccc3)[nH]c2=O)CC1. The van der Waals surface area contributed by atoms with Crippen molar-refractivity contribution in [1.82, 2.24) is 19.7 Å². The Morgan fingerprint density at radius 3 is 2.44 bits per heavy atom. The lowest BCUT2D eigenvalue weighted by Crippen LogP contribution is -2.43. The van der Waals surface area contributed by atoms with Crippen molar-refractivity contribution in [1.29, 1.82) is 0 Å². The van der Waals surface area contributed by atoms with Crippen LogP contribution in [0.15, 0.2) is 35.1 Å². The number of H-pyrrole nitrogens is 1. The van der Waals surface area contributed by atoms with Crippen LogP contribution in [-0.2, 0) is 4.74 Å². The van der Waals surface area contributed by atoms with Crippen LogP contribution in [0.2, 0.25) is 0 Å². The van der Waals surface area contributed by atoms with E-state index in [4.69, 9.17) is 4.74 Å². The van der Waals surface area contributed by atoms with E-state index in [2.05, 4.69) is 10.1 Å². The van der Waals surface area contributed by atoms with E-state index < -0.39 is 5.60 Å². The number of carbonyl (C=O) groups excluding carboxylic acids is 1. The van der Waals surface area contributed by atoms with Gasteiger partial charge in [0, 0.05) is 18.7 Å². The summed E-state index contributed by atoms with van der Waals surface area (Å²) in [5.74, 6) is 0.570. The molecule has 3 rings (SSSR count). The Labute approximate surface area is 146 Å². The topological polar surface area (TPSA) is 80.2 Å². The van der Waals surface area contributed by atoms with Gasteiger partial charge in [0.05, 0.1) is 6.04 Å². The fraction of sp³-hybridized carbons (Fsp3) is 0.500. The van der Waals surface area contributed by atoms with Crippen molar-refractivity contribution in [2.45, 2.75) is 45.3 Å². The number of hydrogen-bond donors (Lipinski definition) is 1. The van der Waals surface area contributed by atoms with Gasteiger partial charge >= 0.3 is 11.8 Å². The van der Waals surface area contributed by atoms with Gasteiger partial charge in [0.1, 0.15) is 5.60 Å². The molecule has 7 heteroatoms. The Morgan fingerprint density at radius 1 is 1.20 bits per heavy atom. The monoisotopic (exact) mass is 344 g/mol. The average Bonchev–Trinajstić information content (AvgIpc) is 2.96. The molecule has 25 heavy (non-hydrogen) atoms. The van der Waals surface area contributed by atoms with Gasteiger partial charge in [0.25, 0.3) is 0 Å². The molecule has 0 aliphatic carbocycles. The summed E-state index contributed by atoms with van der Waals surface area (Å²) in [6, 6.07) is 9.55. The minimum Gasteiger partial charge on any atom is -0.444 e. The van der Waals surface area contributed by atoms with Gasteiger partial charge in [0.15, 0.2) is 5.82 Å². The number of nitrogens with zero attached hydrogens (tertiary/aromatic N) is 3. The Bertz CT molecular complexity index is 781. The summed E-state index contributed by atoms with van der Waals surface area (Å²) in [7, 11) is 0. The number of ether oxygens (including phenoxy) is 1. The van der Waals surface area contributed by atoms with E-state index in [0.717, 1.165) is 5.56 Å². The van der Waals surface area contributed by atoms with Crippen molar-refractivity contribution < 1.29 is 9.53 Å². The molecule has 0 unspecified atom stereocenters. The van der Waals surface area contributed by atoms with Gasteiger partial charge in [0.2, 0.25) is 0 Å². The summed E-state index contributed by atoms with van der Waals surface area (Å²) in [5.41, 5.74) is 0.164. The predicted octanol–water partition coefficient (Wildman–Crippen LogP) is 2.81. The van der Waals surface area contributed by atoms with E-state index in [1.807, 2.05) is 51.1 Å². The molecule has 0 bridgehead atoms. The summed E-state index contributed by atoms with van der Waals surface area (Å²) in [5, 5.41) is 4.45. The maximum atomic E-state index is 12.3. The lowest BCUT2D eigenvalue weighted by molar-refractivity contribution is 0.0184. The molecule has 0 radical (unpaired) electrons. The maximum Gasteiger partial charge on any atom is 0.410 e. The van der Waals surface area contributed by atoms with E-state index in [1.165, 1.54) is 4.68 Å². The lowest BCUT2D eigenvalue weighted by Gasteiger charge is -2.33. The molecule has 1 aromatic heterocycles. The zero-order valence-corrected chi connectivity index (χ0v) is 14.9. The van der Waals surface area contributed by atoms with Crippen LogP contribution < -0.4 is 5.69 Å². The predicted molar refractivity (Wildman–Crippen MR) is 94.4 cm³/mol. The molecule has 2 heterocycles. The zero-order chi connectivity index (χ0) is 18.0. The number of carbonyl (C=O) groups is 1. The van der Waals surface area contributed by atoms with Crippen LogP contribution in [0.5, 0.6) is 0 Å². The number of nitrogens with one attached hydrogen (secondary N) is 1. The quantitative estimate of drug-likeness (QED) is 0.908. The fourth-order valence-corrected chi connectivity index (χ4v) is 2.93. The fourth-order valence-electron chi connectivity index (χ4n) is 2.93. The van der Waals surface area contributed by atoms with E-state index >= 15 is 0 Å². The number of benzene rings is 1. The Kier molecular flexibility index (Phi) is 4.65. The first-order chi connectivity index (χ1) is 11.8. The van der Waals surface area contributed by atoms with Gasteiger partial charge in [-0.2, -0.15) is 0 Å². The second kappa shape index (κ2) is 6.74. The minimum atomic E-state index is -0.502. The molecule has 0 atom stereocenters. The number of piperidine rings is 1. The second-order valence-electron chi connectivity index (χ2n) is 7.29. The summed E-state index contributed by atoms with van der Waals surface area (Å²) in [4.78, 5) is 28.9.